The summed E-state index contributed by atoms with van der Waals surface area (Å²) in [6, 6.07) is 4.16. The van der Waals surface area contributed by atoms with Gasteiger partial charge in [0, 0.05) is 3.57 Å². The monoisotopic (exact) mass is 492 g/mol. The van der Waals surface area contributed by atoms with Gasteiger partial charge in [0.1, 0.15) is 12.4 Å². The van der Waals surface area contributed by atoms with Crippen LogP contribution in [0.3, 0.4) is 0 Å². The van der Waals surface area contributed by atoms with Gasteiger partial charge in [-0.25, -0.2) is 0 Å². The zero-order valence-electron chi connectivity index (χ0n) is 8.48. The number of hydrogen-bond acceptors (Lipinski definition) is 1. The van der Waals surface area contributed by atoms with E-state index in [1.165, 1.54) is 9.14 Å². The molecule has 0 aromatic heterocycles. The van der Waals surface area contributed by atoms with Crippen molar-refractivity contribution in [2.45, 2.75) is 13.8 Å². The van der Waals surface area contributed by atoms with Crippen molar-refractivity contribution < 1.29 is 4.74 Å². The second-order valence-electron chi connectivity index (χ2n) is 3.29. The lowest BCUT2D eigenvalue weighted by Gasteiger charge is -2.09. The Kier molecular flexibility index (Phi) is 5.91. The first-order chi connectivity index (χ1) is 7.00. The summed E-state index contributed by atoms with van der Waals surface area (Å²) in [6.07, 6.45) is 2.07. The second kappa shape index (κ2) is 6.44. The molecule has 0 heterocycles. The summed E-state index contributed by atoms with van der Waals surface area (Å²) in [4.78, 5) is 0. The van der Waals surface area contributed by atoms with Crippen LogP contribution in [0.25, 0.3) is 0 Å². The van der Waals surface area contributed by atoms with Crippen LogP contribution in [-0.2, 0) is 0 Å². The van der Waals surface area contributed by atoms with E-state index in [1.54, 1.807) is 0 Å². The van der Waals surface area contributed by atoms with Crippen LogP contribution in [0.15, 0.2) is 28.3 Å². The molecule has 0 saturated heterocycles. The van der Waals surface area contributed by atoms with Crippen molar-refractivity contribution in [3.05, 3.63) is 35.4 Å². The number of rotatable bonds is 3. The van der Waals surface area contributed by atoms with E-state index in [1.807, 2.05) is 0 Å². The molecule has 0 N–H and O–H groups in total. The SMILES string of the molecule is CC(C)=CCOc1c(Br)cc(I)cc1I. The topological polar surface area (TPSA) is 9.23 Å². The van der Waals surface area contributed by atoms with E-state index in [0.29, 0.717) is 6.61 Å². The molecule has 1 aromatic carbocycles. The molecule has 0 unspecified atom stereocenters. The van der Waals surface area contributed by atoms with Crippen LogP contribution in [0, 0.1) is 7.14 Å². The zero-order chi connectivity index (χ0) is 11.4. The minimum atomic E-state index is 0.623. The summed E-state index contributed by atoms with van der Waals surface area (Å²) < 4.78 is 9.05. The number of ether oxygens (including phenoxy) is 1. The molecule has 0 saturated carbocycles. The molecule has 0 bridgehead atoms. The van der Waals surface area contributed by atoms with Crippen LogP contribution in [0.1, 0.15) is 13.8 Å². The highest BCUT2D eigenvalue weighted by Gasteiger charge is 2.07. The first kappa shape index (κ1) is 13.8. The minimum absolute atomic E-state index is 0.623. The Morgan fingerprint density at radius 2 is 2.07 bits per heavy atom. The van der Waals surface area contributed by atoms with E-state index < -0.39 is 0 Å². The number of halogens is 3. The predicted octanol–water partition coefficient (Wildman–Crippen LogP) is 5.00. The van der Waals surface area contributed by atoms with Crippen LogP contribution in [0.2, 0.25) is 0 Å². The third-order valence-electron chi connectivity index (χ3n) is 1.68. The Morgan fingerprint density at radius 1 is 1.40 bits per heavy atom. The van der Waals surface area contributed by atoms with E-state index in [4.69, 9.17) is 4.74 Å². The maximum atomic E-state index is 5.70. The van der Waals surface area contributed by atoms with Crippen LogP contribution in [0.4, 0.5) is 0 Å². The molecule has 4 heteroatoms. The fourth-order valence-electron chi connectivity index (χ4n) is 0.959. The third-order valence-corrected chi connectivity index (χ3v) is 3.70. The minimum Gasteiger partial charge on any atom is -0.487 e. The van der Waals surface area contributed by atoms with Crippen molar-refractivity contribution >= 4 is 61.1 Å². The zero-order valence-corrected chi connectivity index (χ0v) is 14.4. The summed E-state index contributed by atoms with van der Waals surface area (Å²) in [7, 11) is 0. The van der Waals surface area contributed by atoms with Gasteiger partial charge in [-0.05, 0) is 93.2 Å². The largest absolute Gasteiger partial charge is 0.487 e. The van der Waals surface area contributed by atoms with Crippen LogP contribution < -0.4 is 4.74 Å². The molecule has 82 valence electrons. The lowest BCUT2D eigenvalue weighted by molar-refractivity contribution is 0.357. The van der Waals surface area contributed by atoms with Gasteiger partial charge in [-0.2, -0.15) is 0 Å². The van der Waals surface area contributed by atoms with Gasteiger partial charge in [-0.1, -0.05) is 5.57 Å². The Balaban J connectivity index is 2.81. The maximum absolute atomic E-state index is 5.70. The Hall–Kier alpha value is 0.700. The molecular formula is C11H11BrI2O. The molecule has 1 aromatic rings. The molecule has 0 spiro atoms. The van der Waals surface area contributed by atoms with E-state index in [-0.39, 0.29) is 0 Å². The van der Waals surface area contributed by atoms with Crippen LogP contribution in [-0.4, -0.2) is 6.61 Å². The predicted molar refractivity (Wildman–Crippen MR) is 84.5 cm³/mol. The van der Waals surface area contributed by atoms with Crippen molar-refractivity contribution in [2.75, 3.05) is 6.61 Å². The molecule has 1 rings (SSSR count). The van der Waals surface area contributed by atoms with Crippen LogP contribution in [0.5, 0.6) is 5.75 Å². The highest BCUT2D eigenvalue weighted by molar-refractivity contribution is 14.1. The Labute approximate surface area is 126 Å². The summed E-state index contributed by atoms with van der Waals surface area (Å²) in [5.41, 5.74) is 1.27. The highest BCUT2D eigenvalue weighted by Crippen LogP contribution is 2.32. The third kappa shape index (κ3) is 4.60. The van der Waals surface area contributed by atoms with Crippen LogP contribution >= 0.6 is 61.1 Å². The quantitative estimate of drug-likeness (QED) is 0.426. The number of allylic oxidation sites excluding steroid dienone is 1. The fourth-order valence-corrected chi connectivity index (χ4v) is 4.33. The van der Waals surface area contributed by atoms with E-state index >= 15 is 0 Å². The van der Waals surface area contributed by atoms with E-state index in [2.05, 4.69) is 93.2 Å². The summed E-state index contributed by atoms with van der Waals surface area (Å²) >= 11 is 8.09. The van der Waals surface area contributed by atoms with E-state index in [0.717, 1.165) is 13.8 Å². The molecule has 0 atom stereocenters. The normalized spacial score (nSPS) is 9.93. The summed E-state index contributed by atoms with van der Waals surface area (Å²) in [6.45, 7) is 4.76. The van der Waals surface area contributed by atoms with Gasteiger partial charge in [-0.3, -0.25) is 0 Å². The number of hydrogen-bond donors (Lipinski definition) is 0. The van der Waals surface area contributed by atoms with Crippen molar-refractivity contribution in [3.8, 4) is 5.75 Å². The van der Waals surface area contributed by atoms with Gasteiger partial charge in [0.05, 0.1) is 8.04 Å². The second-order valence-corrected chi connectivity index (χ2v) is 6.55. The first-order valence-corrected chi connectivity index (χ1v) is 7.36. The van der Waals surface area contributed by atoms with Crippen molar-refractivity contribution in [2.24, 2.45) is 0 Å². The Bertz CT molecular complexity index is 361. The van der Waals surface area contributed by atoms with Gasteiger partial charge in [-0.15, -0.1) is 0 Å². The van der Waals surface area contributed by atoms with Gasteiger partial charge in [0.25, 0.3) is 0 Å². The van der Waals surface area contributed by atoms with Gasteiger partial charge in [0.15, 0.2) is 0 Å². The Morgan fingerprint density at radius 3 is 2.60 bits per heavy atom. The lowest BCUT2D eigenvalue weighted by atomic mass is 10.3. The average Bonchev–Trinajstić information content (AvgIpc) is 2.08. The summed E-state index contributed by atoms with van der Waals surface area (Å²) in [5, 5.41) is 0. The lowest BCUT2D eigenvalue weighted by Crippen LogP contribution is -1.97. The first-order valence-electron chi connectivity index (χ1n) is 4.41. The molecule has 1 nitrogen and oxygen atoms in total. The van der Waals surface area contributed by atoms with E-state index in [9.17, 15) is 0 Å². The molecule has 0 radical (unpaired) electrons. The van der Waals surface area contributed by atoms with Gasteiger partial charge < -0.3 is 4.74 Å². The molecule has 0 aliphatic rings. The maximum Gasteiger partial charge on any atom is 0.147 e. The van der Waals surface area contributed by atoms with Crippen molar-refractivity contribution in [1.29, 1.82) is 0 Å². The molecular weight excluding hydrogens is 482 g/mol. The smallest absolute Gasteiger partial charge is 0.147 e. The van der Waals surface area contributed by atoms with Crippen molar-refractivity contribution in [1.82, 2.24) is 0 Å². The molecule has 0 aliphatic carbocycles. The molecule has 0 fully saturated rings. The molecule has 0 aliphatic heterocycles. The van der Waals surface area contributed by atoms with Gasteiger partial charge >= 0.3 is 0 Å². The summed E-state index contributed by atoms with van der Waals surface area (Å²) in [5.74, 6) is 0.925. The van der Waals surface area contributed by atoms with Crippen molar-refractivity contribution in [3.63, 3.8) is 0 Å². The standard InChI is InChI=1S/C11H11BrI2O/c1-7(2)3-4-15-11-9(12)5-8(13)6-10(11)14/h3,5-6H,4H2,1-2H3. The fraction of sp³-hybridized carbons (Fsp3) is 0.273. The highest BCUT2D eigenvalue weighted by atomic mass is 127. The van der Waals surface area contributed by atoms with Gasteiger partial charge in [0.2, 0.25) is 0 Å². The molecule has 15 heavy (non-hydrogen) atoms. The average molecular weight is 493 g/mol. The number of benzene rings is 1. The molecule has 0 amide bonds.